The van der Waals surface area contributed by atoms with Gasteiger partial charge in [0.25, 0.3) is 0 Å². The number of hydrogen-bond acceptors (Lipinski definition) is 3. The molecule has 118 valence electrons. The Kier molecular flexibility index (Phi) is 5.97. The Morgan fingerprint density at radius 2 is 2.05 bits per heavy atom. The SMILES string of the molecule is CCC(F)(CC)CN1CCC(COc2cccnc2)CC1. The summed E-state index contributed by atoms with van der Waals surface area (Å²) in [6.45, 7) is 7.16. The minimum absolute atomic E-state index is 0.568. The number of hydrogen-bond donors (Lipinski definition) is 0. The largest absolute Gasteiger partial charge is 0.492 e. The highest BCUT2D eigenvalue weighted by atomic mass is 19.1. The molecule has 2 heterocycles. The number of nitrogens with zero attached hydrogens (tertiary/aromatic N) is 2. The lowest BCUT2D eigenvalue weighted by molar-refractivity contribution is 0.0568. The van der Waals surface area contributed by atoms with Crippen molar-refractivity contribution >= 4 is 0 Å². The van der Waals surface area contributed by atoms with Crippen LogP contribution in [-0.4, -0.2) is 41.8 Å². The Balaban J connectivity index is 1.71. The molecule has 0 bridgehead atoms. The predicted octanol–water partition coefficient (Wildman–Crippen LogP) is 3.70. The Morgan fingerprint density at radius 3 is 2.62 bits per heavy atom. The fourth-order valence-electron chi connectivity index (χ4n) is 2.83. The standard InChI is InChI=1S/C17H27FN2O/c1-3-17(18,4-2)14-20-10-7-15(8-11-20)13-21-16-6-5-9-19-12-16/h5-6,9,12,15H,3-4,7-8,10-11,13-14H2,1-2H3. The van der Waals surface area contributed by atoms with Crippen LogP contribution in [0.3, 0.4) is 0 Å². The monoisotopic (exact) mass is 294 g/mol. The molecule has 2 rings (SSSR count). The summed E-state index contributed by atoms with van der Waals surface area (Å²) >= 11 is 0. The number of alkyl halides is 1. The topological polar surface area (TPSA) is 25.4 Å². The molecule has 1 aliphatic rings. The summed E-state index contributed by atoms with van der Waals surface area (Å²) in [5.41, 5.74) is -1.01. The maximum absolute atomic E-state index is 14.4. The third-order valence-electron chi connectivity index (χ3n) is 4.60. The normalized spacial score (nSPS) is 17.9. The Bertz CT molecular complexity index is 401. The van der Waals surface area contributed by atoms with Gasteiger partial charge in [-0.25, -0.2) is 4.39 Å². The van der Waals surface area contributed by atoms with Gasteiger partial charge in [0, 0.05) is 12.7 Å². The summed E-state index contributed by atoms with van der Waals surface area (Å²) in [4.78, 5) is 6.32. The average molecular weight is 294 g/mol. The molecule has 1 aromatic rings. The molecule has 4 heteroatoms. The molecule has 0 radical (unpaired) electrons. The van der Waals surface area contributed by atoms with Gasteiger partial charge in [0.15, 0.2) is 0 Å². The molecule has 0 unspecified atom stereocenters. The van der Waals surface area contributed by atoms with Gasteiger partial charge in [0.1, 0.15) is 11.4 Å². The highest BCUT2D eigenvalue weighted by Gasteiger charge is 2.30. The van der Waals surface area contributed by atoms with Crippen molar-refractivity contribution in [1.29, 1.82) is 0 Å². The average Bonchev–Trinajstić information content (AvgIpc) is 2.55. The zero-order chi connectivity index (χ0) is 15.1. The summed E-state index contributed by atoms with van der Waals surface area (Å²) in [6, 6.07) is 3.82. The van der Waals surface area contributed by atoms with Gasteiger partial charge in [0.05, 0.1) is 12.8 Å². The molecule has 1 fully saturated rings. The number of likely N-dealkylation sites (tertiary alicyclic amines) is 1. The van der Waals surface area contributed by atoms with E-state index < -0.39 is 5.67 Å². The van der Waals surface area contributed by atoms with E-state index in [9.17, 15) is 4.39 Å². The molecule has 3 nitrogen and oxygen atoms in total. The molecule has 1 saturated heterocycles. The van der Waals surface area contributed by atoms with E-state index in [1.165, 1.54) is 0 Å². The first-order chi connectivity index (χ1) is 10.1. The van der Waals surface area contributed by atoms with Crippen LogP contribution in [0.5, 0.6) is 5.75 Å². The van der Waals surface area contributed by atoms with Crippen molar-refractivity contribution in [3.05, 3.63) is 24.5 Å². The summed E-state index contributed by atoms with van der Waals surface area (Å²) in [5, 5.41) is 0. The molecule has 0 aliphatic carbocycles. The number of halogens is 1. The molecule has 0 atom stereocenters. The van der Waals surface area contributed by atoms with Crippen LogP contribution in [0.1, 0.15) is 39.5 Å². The highest BCUT2D eigenvalue weighted by Crippen LogP contribution is 2.25. The summed E-state index contributed by atoms with van der Waals surface area (Å²) in [7, 11) is 0. The second kappa shape index (κ2) is 7.74. The third kappa shape index (κ3) is 4.95. The molecule has 21 heavy (non-hydrogen) atoms. The van der Waals surface area contributed by atoms with E-state index in [0.29, 0.717) is 25.3 Å². The smallest absolute Gasteiger partial charge is 0.137 e. The van der Waals surface area contributed by atoms with Gasteiger partial charge in [-0.05, 0) is 56.8 Å². The van der Waals surface area contributed by atoms with E-state index in [-0.39, 0.29) is 0 Å². The molecule has 0 amide bonds. The lowest BCUT2D eigenvalue weighted by Crippen LogP contribution is -2.44. The van der Waals surface area contributed by atoms with E-state index >= 15 is 0 Å². The van der Waals surface area contributed by atoms with Crippen LogP contribution in [0, 0.1) is 5.92 Å². The summed E-state index contributed by atoms with van der Waals surface area (Å²) < 4.78 is 20.2. The number of aromatic nitrogens is 1. The molecule has 0 aromatic carbocycles. The maximum Gasteiger partial charge on any atom is 0.137 e. The van der Waals surface area contributed by atoms with Crippen molar-refractivity contribution in [3.8, 4) is 5.75 Å². The second-order valence-corrected chi connectivity index (χ2v) is 6.08. The minimum Gasteiger partial charge on any atom is -0.492 e. The third-order valence-corrected chi connectivity index (χ3v) is 4.60. The van der Waals surface area contributed by atoms with E-state index in [1.807, 2.05) is 26.0 Å². The van der Waals surface area contributed by atoms with Crippen molar-refractivity contribution < 1.29 is 9.13 Å². The fourth-order valence-corrected chi connectivity index (χ4v) is 2.83. The van der Waals surface area contributed by atoms with Crippen molar-refractivity contribution in [2.45, 2.75) is 45.2 Å². The number of piperidine rings is 1. The lowest BCUT2D eigenvalue weighted by Gasteiger charge is -2.36. The van der Waals surface area contributed by atoms with Gasteiger partial charge in [-0.3, -0.25) is 4.98 Å². The van der Waals surface area contributed by atoms with Crippen LogP contribution >= 0.6 is 0 Å². The molecule has 0 saturated carbocycles. The fraction of sp³-hybridized carbons (Fsp3) is 0.706. The van der Waals surface area contributed by atoms with Crippen LogP contribution in [0.4, 0.5) is 4.39 Å². The van der Waals surface area contributed by atoms with Gasteiger partial charge in [-0.2, -0.15) is 0 Å². The summed E-state index contributed by atoms with van der Waals surface area (Å²) in [5.74, 6) is 1.40. The second-order valence-electron chi connectivity index (χ2n) is 6.08. The number of rotatable bonds is 7. The molecular weight excluding hydrogens is 267 g/mol. The van der Waals surface area contributed by atoms with E-state index in [2.05, 4.69) is 9.88 Å². The highest BCUT2D eigenvalue weighted by molar-refractivity contribution is 5.15. The van der Waals surface area contributed by atoms with Crippen LogP contribution < -0.4 is 4.74 Å². The number of ether oxygens (including phenoxy) is 1. The predicted molar refractivity (Wildman–Crippen MR) is 83.3 cm³/mol. The zero-order valence-corrected chi connectivity index (χ0v) is 13.2. The van der Waals surface area contributed by atoms with Gasteiger partial charge >= 0.3 is 0 Å². The van der Waals surface area contributed by atoms with Gasteiger partial charge in [-0.1, -0.05) is 13.8 Å². The summed E-state index contributed by atoms with van der Waals surface area (Å²) in [6.07, 6.45) is 6.87. The van der Waals surface area contributed by atoms with E-state index in [1.54, 1.807) is 12.4 Å². The van der Waals surface area contributed by atoms with Gasteiger partial charge in [-0.15, -0.1) is 0 Å². The molecular formula is C17H27FN2O. The van der Waals surface area contributed by atoms with E-state index in [4.69, 9.17) is 4.74 Å². The van der Waals surface area contributed by atoms with Crippen molar-refractivity contribution in [2.24, 2.45) is 5.92 Å². The first-order valence-electron chi connectivity index (χ1n) is 8.09. The Labute approximate surface area is 127 Å². The first-order valence-corrected chi connectivity index (χ1v) is 8.09. The number of pyridine rings is 1. The van der Waals surface area contributed by atoms with Crippen LogP contribution in [0.2, 0.25) is 0 Å². The van der Waals surface area contributed by atoms with E-state index in [0.717, 1.165) is 38.3 Å². The first kappa shape index (κ1) is 16.2. The van der Waals surface area contributed by atoms with Crippen molar-refractivity contribution in [1.82, 2.24) is 9.88 Å². The lowest BCUT2D eigenvalue weighted by atomic mass is 9.94. The minimum atomic E-state index is -1.01. The van der Waals surface area contributed by atoms with Crippen molar-refractivity contribution in [2.75, 3.05) is 26.2 Å². The Morgan fingerprint density at radius 1 is 1.33 bits per heavy atom. The Hall–Kier alpha value is -1.16. The van der Waals surface area contributed by atoms with Crippen LogP contribution in [0.25, 0.3) is 0 Å². The van der Waals surface area contributed by atoms with Crippen molar-refractivity contribution in [3.63, 3.8) is 0 Å². The van der Waals surface area contributed by atoms with Crippen LogP contribution in [0.15, 0.2) is 24.5 Å². The van der Waals surface area contributed by atoms with Gasteiger partial charge in [0.2, 0.25) is 0 Å². The molecule has 1 aliphatic heterocycles. The molecule has 1 aromatic heterocycles. The van der Waals surface area contributed by atoms with Gasteiger partial charge < -0.3 is 9.64 Å². The maximum atomic E-state index is 14.4. The quantitative estimate of drug-likeness (QED) is 0.766. The molecule has 0 spiro atoms. The molecule has 0 N–H and O–H groups in total. The van der Waals surface area contributed by atoms with Crippen LogP contribution in [-0.2, 0) is 0 Å². The zero-order valence-electron chi connectivity index (χ0n) is 13.2.